The second kappa shape index (κ2) is 11.7. The van der Waals surface area contributed by atoms with Gasteiger partial charge in [0.2, 0.25) is 0 Å². The largest absolute Gasteiger partial charge is 0.481 e. The molecule has 1 fully saturated rings. The molecule has 0 spiro atoms. The highest BCUT2D eigenvalue weighted by Gasteiger charge is 2.15. The van der Waals surface area contributed by atoms with Gasteiger partial charge in [0, 0.05) is 17.4 Å². The molecule has 0 radical (unpaired) electrons. The van der Waals surface area contributed by atoms with E-state index in [2.05, 4.69) is 0 Å². The molecule has 1 rings (SSSR count). The average molecular weight is 339 g/mol. The summed E-state index contributed by atoms with van der Waals surface area (Å²) in [5, 5.41) is 25.2. The van der Waals surface area contributed by atoms with E-state index in [0.29, 0.717) is 6.42 Å². The lowest BCUT2D eigenvalue weighted by Gasteiger charge is -2.04. The Kier molecular flexibility index (Phi) is 11.2. The summed E-state index contributed by atoms with van der Waals surface area (Å²) in [7, 11) is 3.92. The van der Waals surface area contributed by atoms with Crippen LogP contribution < -0.4 is 5.73 Å². The van der Waals surface area contributed by atoms with E-state index in [4.69, 9.17) is 21.1 Å². The third-order valence-corrected chi connectivity index (χ3v) is 5.61. The van der Waals surface area contributed by atoms with Gasteiger partial charge in [-0.2, -0.15) is 0 Å². The predicted octanol–water partition coefficient (Wildman–Crippen LogP) is 1.66. The van der Waals surface area contributed by atoms with Crippen molar-refractivity contribution >= 4 is 39.5 Å². The number of carboxylic acid groups (broad SMARTS) is 3. The number of hydrogen-bond acceptors (Lipinski definition) is 6. The maximum atomic E-state index is 10.2. The molecule has 1 aliphatic rings. The average Bonchev–Trinajstić information content (AvgIpc) is 2.87. The van der Waals surface area contributed by atoms with Gasteiger partial charge in [0.15, 0.2) is 0 Å². The van der Waals surface area contributed by atoms with Crippen LogP contribution in [0.25, 0.3) is 0 Å². The van der Waals surface area contributed by atoms with Crippen LogP contribution in [0.4, 0.5) is 0 Å². The first-order valence-electron chi connectivity index (χ1n) is 6.53. The maximum absolute atomic E-state index is 10.2. The van der Waals surface area contributed by atoms with Gasteiger partial charge in [0.05, 0.1) is 6.42 Å². The lowest BCUT2D eigenvalue weighted by atomic mass is 10.1. The fraction of sp³-hybridized carbons (Fsp3) is 0.750. The van der Waals surface area contributed by atoms with E-state index in [-0.39, 0.29) is 0 Å². The molecular formula is C12H21NO6S2. The zero-order valence-corrected chi connectivity index (χ0v) is 13.2. The highest BCUT2D eigenvalue weighted by molar-refractivity contribution is 8.77. The van der Waals surface area contributed by atoms with Gasteiger partial charge < -0.3 is 21.1 Å². The van der Waals surface area contributed by atoms with E-state index in [1.54, 1.807) is 0 Å². The minimum atomic E-state index is -1.29. The molecule has 9 heteroatoms. The van der Waals surface area contributed by atoms with Crippen molar-refractivity contribution in [2.24, 2.45) is 5.73 Å². The van der Waals surface area contributed by atoms with Crippen molar-refractivity contribution in [1.82, 2.24) is 0 Å². The SMILES string of the molecule is N[C@@H](CC(=O)O)C(=O)O.O=C(O)CCCC[C@@H]1CCSS1. The molecule has 7 nitrogen and oxygen atoms in total. The Morgan fingerprint density at radius 3 is 2.19 bits per heavy atom. The Hall–Kier alpha value is -0.930. The van der Waals surface area contributed by atoms with Crippen molar-refractivity contribution < 1.29 is 29.7 Å². The van der Waals surface area contributed by atoms with Crippen LogP contribution in [-0.2, 0) is 14.4 Å². The minimum Gasteiger partial charge on any atom is -0.481 e. The second-order valence-corrected chi connectivity index (χ2v) is 7.30. The quantitative estimate of drug-likeness (QED) is 0.384. The summed E-state index contributed by atoms with van der Waals surface area (Å²) in [5.74, 6) is -1.89. The molecule has 1 saturated heterocycles. The molecule has 0 bridgehead atoms. The Balaban J connectivity index is 0.000000400. The van der Waals surface area contributed by atoms with Gasteiger partial charge in [0.25, 0.3) is 0 Å². The predicted molar refractivity (Wildman–Crippen MR) is 82.4 cm³/mol. The van der Waals surface area contributed by atoms with Gasteiger partial charge in [-0.05, 0) is 19.3 Å². The minimum absolute atomic E-state index is 0.338. The summed E-state index contributed by atoms with van der Waals surface area (Å²) in [4.78, 5) is 29.8. The molecule has 21 heavy (non-hydrogen) atoms. The van der Waals surface area contributed by atoms with Gasteiger partial charge in [-0.3, -0.25) is 14.4 Å². The second-order valence-electron chi connectivity index (χ2n) is 4.51. The fourth-order valence-electron chi connectivity index (χ4n) is 1.49. The smallest absolute Gasteiger partial charge is 0.321 e. The normalized spacial score (nSPS) is 18.4. The highest BCUT2D eigenvalue weighted by atomic mass is 33.1. The first-order valence-corrected chi connectivity index (χ1v) is 8.91. The Morgan fingerprint density at radius 1 is 1.14 bits per heavy atom. The number of hydrogen-bond donors (Lipinski definition) is 4. The number of carboxylic acids is 3. The molecule has 0 saturated carbocycles. The fourth-order valence-corrected chi connectivity index (χ4v) is 4.52. The van der Waals surface area contributed by atoms with E-state index in [9.17, 15) is 14.4 Å². The van der Waals surface area contributed by atoms with Crippen LogP contribution in [0.5, 0.6) is 0 Å². The molecule has 0 aromatic heterocycles. The Labute approximate surface area is 131 Å². The van der Waals surface area contributed by atoms with Crippen molar-refractivity contribution in [2.75, 3.05) is 5.75 Å². The third kappa shape index (κ3) is 12.5. The number of rotatable bonds is 8. The molecule has 0 aromatic rings. The van der Waals surface area contributed by atoms with Crippen molar-refractivity contribution in [3.63, 3.8) is 0 Å². The van der Waals surface area contributed by atoms with E-state index >= 15 is 0 Å². The molecule has 1 heterocycles. The van der Waals surface area contributed by atoms with Gasteiger partial charge in [0.1, 0.15) is 6.04 Å². The Morgan fingerprint density at radius 2 is 1.81 bits per heavy atom. The number of aliphatic carboxylic acids is 3. The monoisotopic (exact) mass is 339 g/mol. The van der Waals surface area contributed by atoms with Crippen LogP contribution in [0.1, 0.15) is 38.5 Å². The summed E-state index contributed by atoms with van der Waals surface area (Å²) < 4.78 is 0. The zero-order valence-electron chi connectivity index (χ0n) is 11.6. The van der Waals surface area contributed by atoms with Crippen molar-refractivity contribution in [2.45, 2.75) is 49.8 Å². The van der Waals surface area contributed by atoms with Crippen molar-refractivity contribution in [1.29, 1.82) is 0 Å². The van der Waals surface area contributed by atoms with Gasteiger partial charge in [-0.25, -0.2) is 0 Å². The van der Waals surface area contributed by atoms with E-state index in [1.807, 2.05) is 21.6 Å². The van der Waals surface area contributed by atoms with Crippen molar-refractivity contribution in [3.8, 4) is 0 Å². The standard InChI is InChI=1S/C8H14O2S2.C4H7NO4/c9-8(10)4-2-1-3-7-5-6-11-12-7;5-2(4(8)9)1-3(6)7/h7H,1-6H2,(H,9,10);2H,1,5H2,(H,6,7)(H,8,9)/t7-;2-/m10/s1. The molecule has 5 N–H and O–H groups in total. The topological polar surface area (TPSA) is 138 Å². The van der Waals surface area contributed by atoms with Gasteiger partial charge in [-0.1, -0.05) is 28.0 Å². The van der Waals surface area contributed by atoms with E-state index in [0.717, 1.165) is 18.1 Å². The van der Waals surface area contributed by atoms with Crippen molar-refractivity contribution in [3.05, 3.63) is 0 Å². The summed E-state index contributed by atoms with van der Waals surface area (Å²) >= 11 is 0. The van der Waals surface area contributed by atoms with Gasteiger partial charge in [-0.15, -0.1) is 0 Å². The van der Waals surface area contributed by atoms with Crippen LogP contribution in [0.3, 0.4) is 0 Å². The maximum Gasteiger partial charge on any atom is 0.321 e. The van der Waals surface area contributed by atoms with Crippen LogP contribution >= 0.6 is 21.6 Å². The first-order chi connectivity index (χ1) is 9.82. The van der Waals surface area contributed by atoms with Crippen LogP contribution in [0, 0.1) is 0 Å². The van der Waals surface area contributed by atoms with Gasteiger partial charge >= 0.3 is 17.9 Å². The van der Waals surface area contributed by atoms with E-state index in [1.165, 1.54) is 18.6 Å². The Bertz CT molecular complexity index is 347. The molecule has 0 aliphatic carbocycles. The number of nitrogens with two attached hydrogens (primary N) is 1. The van der Waals surface area contributed by atoms with Crippen LogP contribution in [0.15, 0.2) is 0 Å². The van der Waals surface area contributed by atoms with E-state index < -0.39 is 30.4 Å². The summed E-state index contributed by atoms with van der Waals surface area (Å²) in [6.45, 7) is 0. The first kappa shape index (κ1) is 20.1. The number of unbranched alkanes of at least 4 members (excludes halogenated alkanes) is 1. The summed E-state index contributed by atoms with van der Waals surface area (Å²) in [6.07, 6.45) is 4.23. The molecule has 1 aliphatic heterocycles. The zero-order chi connectivity index (χ0) is 16.3. The number of carbonyl (C=O) groups is 3. The summed E-state index contributed by atoms with van der Waals surface area (Å²) in [5.41, 5.74) is 4.84. The summed E-state index contributed by atoms with van der Waals surface area (Å²) in [6, 6.07) is -1.29. The molecule has 122 valence electrons. The van der Waals surface area contributed by atoms with Crippen LogP contribution in [-0.4, -0.2) is 50.3 Å². The molecule has 2 atom stereocenters. The van der Waals surface area contributed by atoms with Crippen LogP contribution in [0.2, 0.25) is 0 Å². The lowest BCUT2D eigenvalue weighted by Crippen LogP contribution is -2.32. The molecular weight excluding hydrogens is 318 g/mol. The molecule has 0 unspecified atom stereocenters. The molecule has 0 amide bonds. The molecule has 0 aromatic carbocycles. The lowest BCUT2D eigenvalue weighted by molar-refractivity contribution is -0.144. The highest BCUT2D eigenvalue weighted by Crippen LogP contribution is 2.39. The third-order valence-electron chi connectivity index (χ3n) is 2.61.